The molecule has 0 aliphatic heterocycles. The lowest BCUT2D eigenvalue weighted by Gasteiger charge is -2.11. The Morgan fingerprint density at radius 1 is 1.33 bits per heavy atom. The van der Waals surface area contributed by atoms with Crippen LogP contribution in [0.5, 0.6) is 11.5 Å². The lowest BCUT2D eigenvalue weighted by atomic mass is 10.1. The number of imidazole rings is 1. The summed E-state index contributed by atoms with van der Waals surface area (Å²) in [6.45, 7) is 2.08. The van der Waals surface area contributed by atoms with Crippen LogP contribution in [0.3, 0.4) is 0 Å². The van der Waals surface area contributed by atoms with Crippen molar-refractivity contribution in [1.29, 1.82) is 0 Å². The number of nitrogens with two attached hydrogens (primary N) is 2. The average Bonchev–Trinajstić information content (AvgIpc) is 3.24. The van der Waals surface area contributed by atoms with E-state index >= 15 is 0 Å². The first kappa shape index (κ1) is 21.0. The predicted octanol–water partition coefficient (Wildman–Crippen LogP) is 2.55. The maximum Gasteiger partial charge on any atom is 0.324 e. The Labute approximate surface area is 175 Å². The lowest BCUT2D eigenvalue weighted by Crippen LogP contribution is -2.21. The van der Waals surface area contributed by atoms with E-state index in [2.05, 4.69) is 22.1 Å². The summed E-state index contributed by atoms with van der Waals surface area (Å²) in [5.41, 5.74) is 11.4. The summed E-state index contributed by atoms with van der Waals surface area (Å²) in [6.07, 6.45) is 5.19. The fourth-order valence-electron chi connectivity index (χ4n) is 3.03. The second-order valence-corrected chi connectivity index (χ2v) is 7.26. The van der Waals surface area contributed by atoms with Gasteiger partial charge >= 0.3 is 5.69 Å². The summed E-state index contributed by atoms with van der Waals surface area (Å²) in [4.78, 5) is 17.8. The highest BCUT2D eigenvalue weighted by Gasteiger charge is 2.30. The number of methoxy groups -OCH3 is 2. The summed E-state index contributed by atoms with van der Waals surface area (Å²) >= 11 is 1.49. The van der Waals surface area contributed by atoms with Crippen molar-refractivity contribution in [1.82, 2.24) is 9.38 Å². The van der Waals surface area contributed by atoms with Crippen molar-refractivity contribution in [2.24, 2.45) is 21.7 Å². The van der Waals surface area contributed by atoms with Crippen LogP contribution >= 0.6 is 11.3 Å². The number of hydrogen-bond donors (Lipinski definition) is 2. The van der Waals surface area contributed by atoms with Gasteiger partial charge in [0.25, 0.3) is 0 Å². The fourth-order valence-corrected chi connectivity index (χ4v) is 4.11. The zero-order chi connectivity index (χ0) is 21.8. The van der Waals surface area contributed by atoms with Crippen LogP contribution in [0, 0.1) is 10.1 Å². The fraction of sp³-hybridized carbons (Fsp3) is 0.278. The van der Waals surface area contributed by atoms with E-state index in [9.17, 15) is 10.1 Å². The molecular formula is C18H21N7O4S. The normalized spacial score (nSPS) is 11.2. The van der Waals surface area contributed by atoms with Gasteiger partial charge in [-0.2, -0.15) is 5.10 Å². The van der Waals surface area contributed by atoms with Crippen LogP contribution in [0.4, 0.5) is 5.69 Å². The van der Waals surface area contributed by atoms with Gasteiger partial charge in [-0.15, -0.1) is 16.4 Å². The molecule has 0 radical (unpaired) electrons. The molecule has 0 bridgehead atoms. The quantitative estimate of drug-likeness (QED) is 0.240. The highest BCUT2D eigenvalue weighted by atomic mass is 32.1. The van der Waals surface area contributed by atoms with E-state index in [1.54, 1.807) is 10.5 Å². The third kappa shape index (κ3) is 3.89. The van der Waals surface area contributed by atoms with E-state index in [1.165, 1.54) is 37.8 Å². The molecule has 0 spiro atoms. The molecule has 0 aliphatic carbocycles. The second kappa shape index (κ2) is 8.78. The highest BCUT2D eigenvalue weighted by molar-refractivity contribution is 7.17. The number of nitro benzene ring substituents is 1. The van der Waals surface area contributed by atoms with Gasteiger partial charge in [-0.3, -0.25) is 14.5 Å². The number of aryl methyl sites for hydroxylation is 1. The second-order valence-electron chi connectivity index (χ2n) is 6.17. The standard InChI is InChI=1S/C18H21N7O4S/c1-4-5-10-9-24-11(8-21-23-17(19)20)15(22-18(24)30-10)14-12(28-2)6-7-13(29-3)16(14)25(26)27/h6-9H,4-5H2,1-3H3,(H4,19,20,23)/b21-8+. The van der Waals surface area contributed by atoms with Crippen LogP contribution in [-0.2, 0) is 6.42 Å². The van der Waals surface area contributed by atoms with E-state index in [4.69, 9.17) is 20.9 Å². The van der Waals surface area contributed by atoms with Crippen molar-refractivity contribution < 1.29 is 14.4 Å². The van der Waals surface area contributed by atoms with Crippen molar-refractivity contribution in [3.8, 4) is 22.8 Å². The first-order chi connectivity index (χ1) is 14.4. The first-order valence-electron chi connectivity index (χ1n) is 8.93. The summed E-state index contributed by atoms with van der Waals surface area (Å²) < 4.78 is 12.4. The SMILES string of the molecule is CCCc1cn2c(/C=N/N=C(N)N)c(-c3c(OC)ccc(OC)c3[N+](=O)[O-])nc2s1. The van der Waals surface area contributed by atoms with E-state index < -0.39 is 4.92 Å². The van der Waals surface area contributed by atoms with Gasteiger partial charge in [-0.25, -0.2) is 4.98 Å². The third-order valence-corrected chi connectivity index (χ3v) is 5.26. The molecule has 0 atom stereocenters. The molecule has 4 N–H and O–H groups in total. The molecule has 3 rings (SSSR count). The molecule has 11 nitrogen and oxygen atoms in total. The molecule has 3 aromatic rings. The molecule has 30 heavy (non-hydrogen) atoms. The smallest absolute Gasteiger partial charge is 0.324 e. The number of benzene rings is 1. The number of hydrogen-bond acceptors (Lipinski definition) is 8. The molecule has 158 valence electrons. The van der Waals surface area contributed by atoms with E-state index in [-0.39, 0.29) is 28.7 Å². The maximum atomic E-state index is 11.9. The Morgan fingerprint density at radius 3 is 2.63 bits per heavy atom. The van der Waals surface area contributed by atoms with Crippen LogP contribution in [-0.4, -0.2) is 40.7 Å². The summed E-state index contributed by atoms with van der Waals surface area (Å²) in [6, 6.07) is 3.07. The molecule has 0 aliphatic rings. The van der Waals surface area contributed by atoms with Gasteiger partial charge in [0.1, 0.15) is 17.0 Å². The minimum atomic E-state index is -0.524. The maximum absolute atomic E-state index is 11.9. The Morgan fingerprint density at radius 2 is 2.03 bits per heavy atom. The van der Waals surface area contributed by atoms with E-state index in [1.807, 2.05) is 6.20 Å². The number of guanidine groups is 1. The van der Waals surface area contributed by atoms with Crippen LogP contribution in [0.2, 0.25) is 0 Å². The molecule has 2 heterocycles. The Kier molecular flexibility index (Phi) is 6.16. The van der Waals surface area contributed by atoms with Gasteiger partial charge < -0.3 is 20.9 Å². The van der Waals surface area contributed by atoms with Crippen LogP contribution in [0.1, 0.15) is 23.9 Å². The van der Waals surface area contributed by atoms with Crippen molar-refractivity contribution in [3.63, 3.8) is 0 Å². The van der Waals surface area contributed by atoms with Gasteiger partial charge in [0.05, 0.1) is 31.1 Å². The Bertz CT molecular complexity index is 1150. The van der Waals surface area contributed by atoms with Gasteiger partial charge in [0.2, 0.25) is 5.96 Å². The molecule has 1 aromatic carbocycles. The van der Waals surface area contributed by atoms with Crippen molar-refractivity contribution in [3.05, 3.63) is 39.0 Å². The van der Waals surface area contributed by atoms with Crippen LogP contribution in [0.15, 0.2) is 28.5 Å². The topological polar surface area (TPSA) is 156 Å². The number of nitrogens with zero attached hydrogens (tertiary/aromatic N) is 5. The number of thiazole rings is 1. The van der Waals surface area contributed by atoms with Crippen molar-refractivity contribution in [2.75, 3.05) is 14.2 Å². The average molecular weight is 431 g/mol. The first-order valence-corrected chi connectivity index (χ1v) is 9.75. The molecule has 12 heteroatoms. The molecule has 0 fully saturated rings. The number of fused-ring (bicyclic) bond motifs is 1. The van der Waals surface area contributed by atoms with Gasteiger partial charge in [-0.1, -0.05) is 13.3 Å². The van der Waals surface area contributed by atoms with Gasteiger partial charge in [0.15, 0.2) is 10.7 Å². The number of rotatable bonds is 8. The predicted molar refractivity (Wildman–Crippen MR) is 116 cm³/mol. The van der Waals surface area contributed by atoms with E-state index in [0.29, 0.717) is 16.3 Å². The molecule has 0 amide bonds. The molecular weight excluding hydrogens is 410 g/mol. The molecule has 2 aromatic heterocycles. The largest absolute Gasteiger partial charge is 0.496 e. The van der Waals surface area contributed by atoms with Gasteiger partial charge in [0, 0.05) is 11.1 Å². The summed E-state index contributed by atoms with van der Waals surface area (Å²) in [5.74, 6) is 0.153. The minimum absolute atomic E-state index is 0.0888. The number of nitro groups is 1. The zero-order valence-electron chi connectivity index (χ0n) is 16.7. The minimum Gasteiger partial charge on any atom is -0.496 e. The monoisotopic (exact) mass is 431 g/mol. The van der Waals surface area contributed by atoms with Crippen molar-refractivity contribution in [2.45, 2.75) is 19.8 Å². The van der Waals surface area contributed by atoms with Gasteiger partial charge in [-0.05, 0) is 18.6 Å². The molecule has 0 saturated carbocycles. The molecule has 0 unspecified atom stereocenters. The summed E-state index contributed by atoms with van der Waals surface area (Å²) in [7, 11) is 2.79. The Hall–Kier alpha value is -3.67. The zero-order valence-corrected chi connectivity index (χ0v) is 17.5. The number of aromatic nitrogens is 2. The summed E-state index contributed by atoms with van der Waals surface area (Å²) in [5, 5.41) is 19.4. The highest BCUT2D eigenvalue weighted by Crippen LogP contribution is 2.45. The van der Waals surface area contributed by atoms with Crippen LogP contribution < -0.4 is 20.9 Å². The molecule has 0 saturated heterocycles. The van der Waals surface area contributed by atoms with Crippen molar-refractivity contribution >= 4 is 34.2 Å². The number of ether oxygens (including phenoxy) is 2. The lowest BCUT2D eigenvalue weighted by molar-refractivity contribution is -0.385. The van der Waals surface area contributed by atoms with E-state index in [0.717, 1.165) is 17.7 Å². The Balaban J connectivity index is 2.35. The third-order valence-electron chi connectivity index (χ3n) is 4.22. The van der Waals surface area contributed by atoms with Crippen LogP contribution in [0.25, 0.3) is 16.2 Å².